The number of anilines is 1. The fourth-order valence-electron chi connectivity index (χ4n) is 4.29. The van der Waals surface area contributed by atoms with E-state index in [1.54, 1.807) is 5.48 Å². The Kier molecular flexibility index (Phi) is 6.48. The van der Waals surface area contributed by atoms with E-state index in [-0.39, 0.29) is 5.56 Å². The number of rotatable bonds is 7. The van der Waals surface area contributed by atoms with Gasteiger partial charge in [0.25, 0.3) is 5.91 Å². The molecule has 1 saturated heterocycles. The van der Waals surface area contributed by atoms with Crippen LogP contribution in [0.3, 0.4) is 0 Å². The van der Waals surface area contributed by atoms with Crippen molar-refractivity contribution in [2.45, 2.75) is 39.8 Å². The van der Waals surface area contributed by atoms with Gasteiger partial charge in [0.15, 0.2) is 0 Å². The average molecular weight is 423 g/mol. The number of piperidine rings is 1. The second kappa shape index (κ2) is 9.45. The highest BCUT2D eigenvalue weighted by molar-refractivity contribution is 5.92. The molecule has 31 heavy (non-hydrogen) atoms. The first-order chi connectivity index (χ1) is 15.1. The number of hydroxylamine groups is 1. The summed E-state index contributed by atoms with van der Waals surface area (Å²) in [6.45, 7) is 8.97. The zero-order chi connectivity index (χ0) is 21.8. The van der Waals surface area contributed by atoms with Crippen molar-refractivity contribution < 1.29 is 10.0 Å². The summed E-state index contributed by atoms with van der Waals surface area (Å²) >= 11 is 0. The Morgan fingerprint density at radius 2 is 1.97 bits per heavy atom. The van der Waals surface area contributed by atoms with E-state index in [1.165, 1.54) is 34.4 Å². The van der Waals surface area contributed by atoms with Gasteiger partial charge in [0, 0.05) is 55.7 Å². The number of hydrogen-bond acceptors (Lipinski definition) is 6. The third-order valence-corrected chi connectivity index (χ3v) is 6.11. The molecule has 3 heterocycles. The highest BCUT2D eigenvalue weighted by atomic mass is 16.5. The van der Waals surface area contributed by atoms with Gasteiger partial charge in [-0.25, -0.2) is 15.4 Å². The largest absolute Gasteiger partial charge is 0.347 e. The molecule has 0 atom stereocenters. The van der Waals surface area contributed by atoms with Gasteiger partial charge in [-0.15, -0.1) is 0 Å². The van der Waals surface area contributed by atoms with Crippen LogP contribution in [0, 0.1) is 12.8 Å². The van der Waals surface area contributed by atoms with E-state index in [9.17, 15) is 4.79 Å². The van der Waals surface area contributed by atoms with E-state index >= 15 is 0 Å². The summed E-state index contributed by atoms with van der Waals surface area (Å²) in [5, 5.41) is 13.7. The lowest BCUT2D eigenvalue weighted by Crippen LogP contribution is -2.38. The summed E-state index contributed by atoms with van der Waals surface area (Å²) in [6, 6.07) is 6.69. The number of fused-ring (bicyclic) bond motifs is 1. The average Bonchev–Trinajstić information content (AvgIpc) is 3.16. The van der Waals surface area contributed by atoms with Crippen molar-refractivity contribution in [3.05, 3.63) is 53.5 Å². The predicted molar refractivity (Wildman–Crippen MR) is 120 cm³/mol. The molecule has 8 heteroatoms. The van der Waals surface area contributed by atoms with Crippen LogP contribution in [0.1, 0.15) is 41.3 Å². The van der Waals surface area contributed by atoms with Crippen molar-refractivity contribution in [2.75, 3.05) is 24.5 Å². The standard InChI is InChI=1S/C23H30N6O2/c1-3-28-15-19(20-5-4-16(2)10-21(20)28)12-24-11-17-6-8-29(9-7-17)23-25-13-18(14-26-23)22(30)27-31/h4-5,10,13-15,17,24,31H,3,6-9,11-12H2,1-2H3,(H,27,30). The number of aryl methyl sites for hydroxylation is 2. The quantitative estimate of drug-likeness (QED) is 0.400. The number of aromatic nitrogens is 3. The summed E-state index contributed by atoms with van der Waals surface area (Å²) < 4.78 is 2.33. The van der Waals surface area contributed by atoms with Crippen LogP contribution in [-0.2, 0) is 13.1 Å². The summed E-state index contributed by atoms with van der Waals surface area (Å²) in [6.07, 6.45) is 7.31. The number of hydrogen-bond donors (Lipinski definition) is 3. The highest BCUT2D eigenvalue weighted by Gasteiger charge is 2.21. The van der Waals surface area contributed by atoms with Crippen LogP contribution in [0.2, 0.25) is 0 Å². The van der Waals surface area contributed by atoms with Gasteiger partial charge < -0.3 is 14.8 Å². The van der Waals surface area contributed by atoms with Crippen LogP contribution in [0.15, 0.2) is 36.8 Å². The summed E-state index contributed by atoms with van der Waals surface area (Å²) in [7, 11) is 0. The minimum Gasteiger partial charge on any atom is -0.347 e. The Hall–Kier alpha value is -2.97. The molecular weight excluding hydrogens is 392 g/mol. The fraction of sp³-hybridized carbons (Fsp3) is 0.435. The Morgan fingerprint density at radius 3 is 2.65 bits per heavy atom. The molecule has 2 aromatic heterocycles. The molecule has 164 valence electrons. The number of nitrogens with zero attached hydrogens (tertiary/aromatic N) is 4. The van der Waals surface area contributed by atoms with Gasteiger partial charge in [0.05, 0.1) is 5.56 Å². The van der Waals surface area contributed by atoms with Crippen LogP contribution in [-0.4, -0.2) is 45.3 Å². The minimum atomic E-state index is -0.603. The van der Waals surface area contributed by atoms with E-state index in [2.05, 4.69) is 63.0 Å². The van der Waals surface area contributed by atoms with E-state index in [1.807, 2.05) is 0 Å². The number of carbonyl (C=O) groups is 1. The second-order valence-electron chi connectivity index (χ2n) is 8.23. The molecule has 0 spiro atoms. The fourth-order valence-corrected chi connectivity index (χ4v) is 4.29. The maximum Gasteiger partial charge on any atom is 0.277 e. The molecule has 0 radical (unpaired) electrons. The Balaban J connectivity index is 1.28. The molecule has 1 aliphatic rings. The molecule has 8 nitrogen and oxygen atoms in total. The van der Waals surface area contributed by atoms with Crippen LogP contribution >= 0.6 is 0 Å². The van der Waals surface area contributed by atoms with Gasteiger partial charge in [-0.05, 0) is 56.3 Å². The molecule has 0 unspecified atom stereocenters. The smallest absolute Gasteiger partial charge is 0.277 e. The zero-order valence-corrected chi connectivity index (χ0v) is 18.1. The predicted octanol–water partition coefficient (Wildman–Crippen LogP) is 2.88. The van der Waals surface area contributed by atoms with Crippen molar-refractivity contribution in [1.29, 1.82) is 0 Å². The van der Waals surface area contributed by atoms with Gasteiger partial charge >= 0.3 is 0 Å². The maximum atomic E-state index is 11.4. The summed E-state index contributed by atoms with van der Waals surface area (Å²) in [5.41, 5.74) is 5.80. The lowest BCUT2D eigenvalue weighted by Gasteiger charge is -2.32. The van der Waals surface area contributed by atoms with E-state index in [0.717, 1.165) is 45.6 Å². The van der Waals surface area contributed by atoms with E-state index in [0.29, 0.717) is 11.9 Å². The van der Waals surface area contributed by atoms with E-state index in [4.69, 9.17) is 5.21 Å². The highest BCUT2D eigenvalue weighted by Crippen LogP contribution is 2.24. The first-order valence-corrected chi connectivity index (χ1v) is 10.9. The first kappa shape index (κ1) is 21.3. The van der Waals surface area contributed by atoms with Crippen molar-refractivity contribution in [3.8, 4) is 0 Å². The second-order valence-corrected chi connectivity index (χ2v) is 8.23. The summed E-state index contributed by atoms with van der Waals surface area (Å²) in [5.74, 6) is 0.648. The molecule has 4 rings (SSSR count). The Morgan fingerprint density at radius 1 is 1.23 bits per heavy atom. The summed E-state index contributed by atoms with van der Waals surface area (Å²) in [4.78, 5) is 22.1. The lowest BCUT2D eigenvalue weighted by molar-refractivity contribution is 0.0705. The van der Waals surface area contributed by atoms with Crippen molar-refractivity contribution in [2.24, 2.45) is 5.92 Å². The molecule has 1 aromatic carbocycles. The van der Waals surface area contributed by atoms with Gasteiger partial charge in [-0.2, -0.15) is 0 Å². The molecule has 0 saturated carbocycles. The molecule has 1 amide bonds. The van der Waals surface area contributed by atoms with Crippen molar-refractivity contribution >= 4 is 22.8 Å². The Bertz CT molecular complexity index is 1040. The number of benzene rings is 1. The van der Waals surface area contributed by atoms with Gasteiger partial charge in [0.1, 0.15) is 0 Å². The molecule has 1 fully saturated rings. The van der Waals surface area contributed by atoms with Crippen LogP contribution < -0.4 is 15.7 Å². The first-order valence-electron chi connectivity index (χ1n) is 10.9. The van der Waals surface area contributed by atoms with Crippen LogP contribution in [0.25, 0.3) is 10.9 Å². The number of carbonyl (C=O) groups excluding carboxylic acids is 1. The van der Waals surface area contributed by atoms with E-state index < -0.39 is 5.91 Å². The van der Waals surface area contributed by atoms with Gasteiger partial charge in [-0.1, -0.05) is 12.1 Å². The maximum absolute atomic E-state index is 11.4. The van der Waals surface area contributed by atoms with Gasteiger partial charge in [-0.3, -0.25) is 10.0 Å². The van der Waals surface area contributed by atoms with Crippen molar-refractivity contribution in [3.63, 3.8) is 0 Å². The Labute approximate surface area is 182 Å². The minimum absolute atomic E-state index is 0.241. The molecule has 3 N–H and O–H groups in total. The third-order valence-electron chi connectivity index (χ3n) is 6.11. The zero-order valence-electron chi connectivity index (χ0n) is 18.1. The SMILES string of the molecule is CCn1cc(CNCC2CCN(c3ncc(C(=O)NO)cn3)CC2)c2ccc(C)cc21. The third kappa shape index (κ3) is 4.70. The number of amides is 1. The molecular formula is C23H30N6O2. The molecule has 0 aliphatic carbocycles. The normalized spacial score (nSPS) is 14.9. The number of nitrogens with one attached hydrogen (secondary N) is 2. The molecule has 3 aromatic rings. The van der Waals surface area contributed by atoms with Crippen LogP contribution in [0.4, 0.5) is 5.95 Å². The monoisotopic (exact) mass is 422 g/mol. The lowest BCUT2D eigenvalue weighted by atomic mass is 9.97. The topological polar surface area (TPSA) is 95.3 Å². The van der Waals surface area contributed by atoms with Gasteiger partial charge in [0.2, 0.25) is 5.95 Å². The molecule has 1 aliphatic heterocycles. The van der Waals surface area contributed by atoms with Crippen LogP contribution in [0.5, 0.6) is 0 Å². The molecule has 0 bridgehead atoms. The van der Waals surface area contributed by atoms with Crippen molar-refractivity contribution in [1.82, 2.24) is 25.3 Å².